The van der Waals surface area contributed by atoms with Crippen LogP contribution in [0.3, 0.4) is 0 Å². The van der Waals surface area contributed by atoms with Crippen LogP contribution in [0.4, 0.5) is 64.4 Å². The second-order valence-electron chi connectivity index (χ2n) is 33.3. The van der Waals surface area contributed by atoms with E-state index in [0.717, 1.165) is 151 Å². The molecular weight excluding hydrogens is 1660 g/mol. The van der Waals surface area contributed by atoms with Crippen molar-refractivity contribution in [2.75, 3.05) is 176 Å². The topological polar surface area (TPSA) is 330 Å². The van der Waals surface area contributed by atoms with Crippen molar-refractivity contribution in [1.82, 2.24) is 14.7 Å². The summed E-state index contributed by atoms with van der Waals surface area (Å²) in [6.07, 6.45) is 7.95. The van der Waals surface area contributed by atoms with Crippen molar-refractivity contribution in [3.8, 4) is 18.2 Å². The zero-order valence-corrected chi connectivity index (χ0v) is 74.9. The fraction of sp³-hybridized carbons (Fsp3) is 0.368. The molecule has 0 aliphatic carbocycles. The van der Waals surface area contributed by atoms with E-state index in [1.54, 1.807) is 34.1 Å². The highest BCUT2D eigenvalue weighted by Gasteiger charge is 2.35. The average Bonchev–Trinajstić information content (AvgIpc) is 0.790. The van der Waals surface area contributed by atoms with Crippen LogP contribution in [0.1, 0.15) is 120 Å². The van der Waals surface area contributed by atoms with Crippen molar-refractivity contribution >= 4 is 98.4 Å². The van der Waals surface area contributed by atoms with Crippen LogP contribution in [0.15, 0.2) is 178 Å². The van der Waals surface area contributed by atoms with Crippen LogP contribution in [0.2, 0.25) is 0 Å². The molecular formula is C95H109F3N18O7S3. The van der Waals surface area contributed by atoms with E-state index in [0.29, 0.717) is 123 Å². The van der Waals surface area contributed by atoms with Gasteiger partial charge in [0.1, 0.15) is 50.3 Å². The lowest BCUT2D eigenvalue weighted by Gasteiger charge is -2.37. The van der Waals surface area contributed by atoms with Gasteiger partial charge < -0.3 is 60.0 Å². The summed E-state index contributed by atoms with van der Waals surface area (Å²) < 4.78 is 109. The average molecular weight is 1770 g/mol. The SMILES string of the molecule is Cc1cc(C)c(C(=O)N2CCN(c3cccc(F)c3[S@@](C)(=N)=O)CC2)cc1NC1CCN(c2ccccc2C#N)CC1.Cc1cc(C)c(C(=O)N2CCN(c3cccc(F)c3[S@](C)(=N)=O)CC2)cc1NC1CCN(c2ccccc2C#N)CC1.Cc1ccc(NC2CCN(c3ccccc3C#N)CC2)c(C)c1C(=O)N1CCN(c2cccc(F)c2S(N)(=O)=O)CC1. The van der Waals surface area contributed by atoms with Gasteiger partial charge in [0.15, 0.2) is 0 Å². The Morgan fingerprint density at radius 1 is 0.357 bits per heavy atom. The number of amides is 3. The van der Waals surface area contributed by atoms with Crippen molar-refractivity contribution in [3.63, 3.8) is 0 Å². The summed E-state index contributed by atoms with van der Waals surface area (Å²) in [6, 6.07) is 55.8. The fourth-order valence-electron chi connectivity index (χ4n) is 18.0. The molecule has 6 saturated heterocycles. The molecule has 6 fully saturated rings. The molecule has 126 heavy (non-hydrogen) atoms. The third kappa shape index (κ3) is 20.9. The standard InChI is InChI=1S/2C32H37FN6O2S.C31H35FN6O3S/c2*1-22-19-23(2)28(36-25-11-13-37(14-12-25)29-9-5-4-7-24(29)21-34)20-26(22)32(40)39-17-15-38(16-18-39)30-10-6-8-27(33)31(30)42(3,35)41;1-21-10-11-26(35-24-12-14-36(15-13-24)27-8-4-3-6-23(27)20-33)22(2)29(21)31(39)38-18-16-37(17-19-38)28-9-5-7-25(32)30(28)42(34,40)41/h2*4-10,19-20,25,35-36H,11-18H2,1-3H3;3-11,24,35H,12-19H2,1-2H3,(H2,34,40,41)/t2*42-;/m10./s1. The first kappa shape index (κ1) is 91.4. The minimum atomic E-state index is -4.25. The molecule has 6 heterocycles. The molecule has 0 unspecified atom stereocenters. The number of carbonyl (C=O) groups is 3. The Balaban J connectivity index is 0.000000162. The minimum Gasteiger partial charge on any atom is -0.382 e. The number of aryl methyl sites for hydroxylation is 5. The Kier molecular flexibility index (Phi) is 28.6. The van der Waals surface area contributed by atoms with Gasteiger partial charge in [-0.15, -0.1) is 0 Å². The van der Waals surface area contributed by atoms with Crippen molar-refractivity contribution < 1.29 is 44.4 Å². The van der Waals surface area contributed by atoms with E-state index in [2.05, 4.69) is 74.8 Å². The molecule has 15 rings (SSSR count). The van der Waals surface area contributed by atoms with E-state index in [1.807, 2.05) is 144 Å². The second-order valence-corrected chi connectivity index (χ2v) is 39.0. The molecule has 3 amide bonds. The summed E-state index contributed by atoms with van der Waals surface area (Å²) in [6.45, 7) is 22.0. The van der Waals surface area contributed by atoms with E-state index < -0.39 is 51.8 Å². The number of anilines is 9. The number of nitrogens with one attached hydrogen (secondary N) is 5. The Bertz CT molecular complexity index is 5720. The Morgan fingerprint density at radius 2 is 0.643 bits per heavy atom. The van der Waals surface area contributed by atoms with Crippen LogP contribution in [-0.4, -0.2) is 198 Å². The number of nitriles is 3. The van der Waals surface area contributed by atoms with Gasteiger partial charge >= 0.3 is 0 Å². The quantitative estimate of drug-likeness (QED) is 0.0465. The number of para-hydroxylation sites is 3. The molecule has 25 nitrogen and oxygen atoms in total. The smallest absolute Gasteiger partial charge is 0.254 e. The van der Waals surface area contributed by atoms with Crippen molar-refractivity contribution in [2.24, 2.45) is 5.14 Å². The molecule has 9 aromatic rings. The van der Waals surface area contributed by atoms with E-state index in [9.17, 15) is 60.2 Å². The zero-order valence-electron chi connectivity index (χ0n) is 72.5. The summed E-state index contributed by atoms with van der Waals surface area (Å²) >= 11 is 0. The van der Waals surface area contributed by atoms with Gasteiger partial charge in [0.25, 0.3) is 17.7 Å². The second kappa shape index (κ2) is 39.5. The maximum Gasteiger partial charge on any atom is 0.254 e. The number of rotatable bonds is 18. The molecule has 0 radical (unpaired) electrons. The summed E-state index contributed by atoms with van der Waals surface area (Å²) in [5, 5.41) is 44.7. The number of halogens is 3. The fourth-order valence-corrected chi connectivity index (χ4v) is 20.9. The van der Waals surface area contributed by atoms with Gasteiger partial charge in [0.2, 0.25) is 10.0 Å². The van der Waals surface area contributed by atoms with Gasteiger partial charge in [-0.05, 0) is 204 Å². The maximum atomic E-state index is 14.5. The number of piperazine rings is 3. The number of sulfonamides is 1. The van der Waals surface area contributed by atoms with Crippen LogP contribution < -0.4 is 50.5 Å². The first-order chi connectivity index (χ1) is 60.2. The number of hydrogen-bond acceptors (Lipinski definition) is 21. The molecule has 2 atom stereocenters. The lowest BCUT2D eigenvalue weighted by atomic mass is 9.97. The maximum absolute atomic E-state index is 14.5. The lowest BCUT2D eigenvalue weighted by molar-refractivity contribution is 0.0737. The molecule has 0 saturated carbocycles. The van der Waals surface area contributed by atoms with Crippen molar-refractivity contribution in [1.29, 1.82) is 25.3 Å². The summed E-state index contributed by atoms with van der Waals surface area (Å²) in [7, 11) is -10.8. The highest BCUT2D eigenvalue weighted by molar-refractivity contribution is 7.92. The Labute approximate surface area is 738 Å². The highest BCUT2D eigenvalue weighted by atomic mass is 32.2. The van der Waals surface area contributed by atoms with E-state index in [-0.39, 0.29) is 51.3 Å². The van der Waals surface area contributed by atoms with Gasteiger partial charge in [-0.2, -0.15) is 15.8 Å². The molecule has 9 aromatic carbocycles. The molecule has 6 aliphatic rings. The summed E-state index contributed by atoms with van der Waals surface area (Å²) in [5.74, 6) is -2.33. The van der Waals surface area contributed by atoms with Gasteiger partial charge in [-0.25, -0.2) is 44.7 Å². The van der Waals surface area contributed by atoms with Gasteiger partial charge in [-0.1, -0.05) is 72.8 Å². The number of carbonyl (C=O) groups excluding carboxylic acids is 3. The zero-order chi connectivity index (χ0) is 90.1. The van der Waals surface area contributed by atoms with Crippen LogP contribution in [-0.2, 0) is 29.5 Å². The minimum absolute atomic E-state index is 0.0441. The third-order valence-corrected chi connectivity index (χ3v) is 28.1. The van der Waals surface area contributed by atoms with Crippen LogP contribution in [0, 0.1) is 103 Å². The van der Waals surface area contributed by atoms with E-state index in [1.165, 1.54) is 36.8 Å². The molecule has 0 aromatic heterocycles. The first-order valence-corrected chi connectivity index (χ1v) is 48.0. The number of benzene rings is 9. The highest BCUT2D eigenvalue weighted by Crippen LogP contribution is 2.38. The number of piperidine rings is 3. The Morgan fingerprint density at radius 3 is 0.960 bits per heavy atom. The van der Waals surface area contributed by atoms with Gasteiger partial charge in [0.05, 0.1) is 70.3 Å². The predicted octanol–water partition coefficient (Wildman–Crippen LogP) is 14.8. The monoisotopic (exact) mass is 1770 g/mol. The number of nitrogens with two attached hydrogens (primary N) is 1. The molecule has 31 heteroatoms. The van der Waals surface area contributed by atoms with Crippen molar-refractivity contribution in [3.05, 3.63) is 248 Å². The van der Waals surface area contributed by atoms with E-state index >= 15 is 0 Å². The number of primary sulfonamides is 1. The predicted molar refractivity (Wildman–Crippen MR) is 493 cm³/mol. The normalized spacial score (nSPS) is 17.1. The molecule has 7 N–H and O–H groups in total. The summed E-state index contributed by atoms with van der Waals surface area (Å²) in [4.78, 5) is 58.2. The van der Waals surface area contributed by atoms with E-state index in [4.69, 9.17) is 14.7 Å². The van der Waals surface area contributed by atoms with Crippen molar-refractivity contribution in [2.45, 2.75) is 113 Å². The van der Waals surface area contributed by atoms with Crippen LogP contribution in [0.5, 0.6) is 0 Å². The molecule has 0 spiro atoms. The number of nitrogens with zero attached hydrogens (tertiary/aromatic N) is 12. The van der Waals surface area contributed by atoms with Gasteiger partial charge in [-0.3, -0.25) is 14.4 Å². The summed E-state index contributed by atoms with van der Waals surface area (Å²) in [5.41, 5.74) is 16.7. The number of hydrogen-bond donors (Lipinski definition) is 6. The Hall–Kier alpha value is -12.3. The first-order valence-electron chi connectivity index (χ1n) is 42.5. The lowest BCUT2D eigenvalue weighted by Crippen LogP contribution is -2.49. The molecule has 660 valence electrons. The van der Waals surface area contributed by atoms with Gasteiger partial charge in [0, 0.05) is 182 Å². The van der Waals surface area contributed by atoms with Crippen LogP contribution >= 0.6 is 0 Å². The molecule has 6 aliphatic heterocycles. The molecule has 0 bridgehead atoms. The largest absolute Gasteiger partial charge is 0.382 e. The third-order valence-electron chi connectivity index (χ3n) is 24.8. The van der Waals surface area contributed by atoms with Crippen LogP contribution in [0.25, 0.3) is 0 Å².